The lowest BCUT2D eigenvalue weighted by molar-refractivity contribution is -0.0174. The minimum atomic E-state index is 0.452. The van der Waals surface area contributed by atoms with Gasteiger partial charge in [-0.2, -0.15) is 0 Å². The lowest BCUT2D eigenvalue weighted by Gasteiger charge is -2.38. The van der Waals surface area contributed by atoms with Crippen LogP contribution in [0.4, 0.5) is 0 Å². The van der Waals surface area contributed by atoms with Gasteiger partial charge in [-0.05, 0) is 20.3 Å². The maximum absolute atomic E-state index is 5.51. The predicted molar refractivity (Wildman–Crippen MR) is 101 cm³/mol. The zero-order chi connectivity index (χ0) is 17.4. The number of aromatic nitrogens is 1. The van der Waals surface area contributed by atoms with E-state index in [9.17, 15) is 0 Å². The van der Waals surface area contributed by atoms with Crippen LogP contribution in [0.3, 0.4) is 0 Å². The largest absolute Gasteiger partial charge is 0.379 e. The van der Waals surface area contributed by atoms with Gasteiger partial charge in [0.2, 0.25) is 0 Å². The van der Waals surface area contributed by atoms with Gasteiger partial charge in [0.1, 0.15) is 0 Å². The molecule has 1 aromatic heterocycles. The molecular weight excluding hydrogens is 322 g/mol. The maximum atomic E-state index is 5.51. The Kier molecular flexibility index (Phi) is 7.94. The van der Waals surface area contributed by atoms with E-state index >= 15 is 0 Å². The number of hydrogen-bond acceptors (Lipinski definition) is 5. The number of nitrogens with one attached hydrogen (secondary N) is 2. The van der Waals surface area contributed by atoms with E-state index in [1.54, 1.807) is 11.3 Å². The molecule has 136 valence electrons. The molecule has 2 rings (SSSR count). The third-order valence-corrected chi connectivity index (χ3v) is 5.56. The van der Waals surface area contributed by atoms with Crippen LogP contribution in [0.5, 0.6) is 0 Å². The smallest absolute Gasteiger partial charge is 0.191 e. The molecule has 1 saturated heterocycles. The summed E-state index contributed by atoms with van der Waals surface area (Å²) in [5.41, 5.74) is 0. The highest BCUT2D eigenvalue weighted by atomic mass is 32.1. The van der Waals surface area contributed by atoms with Gasteiger partial charge in [-0.15, -0.1) is 11.3 Å². The first kappa shape index (κ1) is 19.1. The van der Waals surface area contributed by atoms with Gasteiger partial charge in [-0.25, -0.2) is 4.98 Å². The minimum Gasteiger partial charge on any atom is -0.379 e. The SMILES string of the molecule is CCc1cnc(CCNC(=NC)NCC(C)N2CCOCC2C)s1. The van der Waals surface area contributed by atoms with Gasteiger partial charge in [0.25, 0.3) is 0 Å². The number of ether oxygens (including phenoxy) is 1. The number of hydrogen-bond donors (Lipinski definition) is 2. The highest BCUT2D eigenvalue weighted by Crippen LogP contribution is 2.13. The molecule has 1 aliphatic heterocycles. The highest BCUT2D eigenvalue weighted by Gasteiger charge is 2.23. The Balaban J connectivity index is 1.69. The maximum Gasteiger partial charge on any atom is 0.191 e. The summed E-state index contributed by atoms with van der Waals surface area (Å²) in [6.07, 6.45) is 3.98. The van der Waals surface area contributed by atoms with Gasteiger partial charge in [-0.1, -0.05) is 6.92 Å². The van der Waals surface area contributed by atoms with Crippen molar-refractivity contribution >= 4 is 17.3 Å². The average Bonchev–Trinajstić information content (AvgIpc) is 3.06. The van der Waals surface area contributed by atoms with E-state index in [4.69, 9.17) is 4.74 Å². The average molecular weight is 354 g/mol. The summed E-state index contributed by atoms with van der Waals surface area (Å²) in [5, 5.41) is 7.99. The second kappa shape index (κ2) is 9.96. The van der Waals surface area contributed by atoms with E-state index in [2.05, 4.69) is 46.3 Å². The summed E-state index contributed by atoms with van der Waals surface area (Å²) in [7, 11) is 1.82. The lowest BCUT2D eigenvalue weighted by atomic mass is 10.2. The van der Waals surface area contributed by atoms with Crippen molar-refractivity contribution in [3.63, 3.8) is 0 Å². The normalized spacial score (nSPS) is 20.8. The third-order valence-electron chi connectivity index (χ3n) is 4.35. The molecule has 1 fully saturated rings. The van der Waals surface area contributed by atoms with Gasteiger partial charge < -0.3 is 15.4 Å². The molecule has 2 heterocycles. The Morgan fingerprint density at radius 2 is 2.38 bits per heavy atom. The Labute approximate surface area is 149 Å². The Morgan fingerprint density at radius 3 is 3.04 bits per heavy atom. The number of aryl methyl sites for hydroxylation is 1. The number of aliphatic imine (C=N–C) groups is 1. The molecule has 0 amide bonds. The fraction of sp³-hybridized carbons (Fsp3) is 0.765. The Bertz CT molecular complexity index is 519. The van der Waals surface area contributed by atoms with Gasteiger partial charge in [-0.3, -0.25) is 9.89 Å². The fourth-order valence-corrected chi connectivity index (χ4v) is 3.75. The zero-order valence-electron chi connectivity index (χ0n) is 15.3. The van der Waals surface area contributed by atoms with Gasteiger partial charge in [0.05, 0.1) is 18.2 Å². The summed E-state index contributed by atoms with van der Waals surface area (Å²) in [6.45, 7) is 11.0. The van der Waals surface area contributed by atoms with E-state index in [-0.39, 0.29) is 0 Å². The minimum absolute atomic E-state index is 0.452. The summed E-state index contributed by atoms with van der Waals surface area (Å²) < 4.78 is 5.51. The number of rotatable bonds is 7. The molecule has 1 aromatic rings. The topological polar surface area (TPSA) is 61.8 Å². The van der Waals surface area contributed by atoms with Crippen LogP contribution in [0, 0.1) is 0 Å². The summed E-state index contributed by atoms with van der Waals surface area (Å²) >= 11 is 1.80. The van der Waals surface area contributed by atoms with Crippen LogP contribution in [-0.4, -0.2) is 67.8 Å². The monoisotopic (exact) mass is 353 g/mol. The number of morpholine rings is 1. The van der Waals surface area contributed by atoms with Crippen molar-refractivity contribution in [1.29, 1.82) is 0 Å². The molecule has 0 spiro atoms. The van der Waals surface area contributed by atoms with Crippen LogP contribution >= 0.6 is 11.3 Å². The van der Waals surface area contributed by atoms with E-state index in [1.165, 1.54) is 9.88 Å². The highest BCUT2D eigenvalue weighted by molar-refractivity contribution is 7.11. The third kappa shape index (κ3) is 5.72. The second-order valence-corrected chi connectivity index (χ2v) is 7.41. The molecule has 2 N–H and O–H groups in total. The molecule has 0 saturated carbocycles. The summed E-state index contributed by atoms with van der Waals surface area (Å²) in [6, 6.07) is 0.928. The van der Waals surface area contributed by atoms with E-state index in [0.29, 0.717) is 12.1 Å². The molecule has 2 unspecified atom stereocenters. The fourth-order valence-electron chi connectivity index (χ4n) is 2.89. The molecule has 6 nitrogen and oxygen atoms in total. The number of nitrogens with zero attached hydrogens (tertiary/aromatic N) is 3. The van der Waals surface area contributed by atoms with Crippen molar-refractivity contribution in [2.45, 2.75) is 45.7 Å². The first-order chi connectivity index (χ1) is 11.6. The Morgan fingerprint density at radius 1 is 1.54 bits per heavy atom. The standard InChI is InChI=1S/C17H31N5OS/c1-5-15-11-20-16(24-15)6-7-19-17(18-4)21-10-13(2)22-8-9-23-12-14(22)3/h11,13-14H,5-10,12H2,1-4H3,(H2,18,19,21). The van der Waals surface area contributed by atoms with Crippen molar-refractivity contribution in [3.8, 4) is 0 Å². The van der Waals surface area contributed by atoms with Crippen molar-refractivity contribution in [1.82, 2.24) is 20.5 Å². The van der Waals surface area contributed by atoms with E-state index in [0.717, 1.165) is 51.6 Å². The van der Waals surface area contributed by atoms with Crippen molar-refractivity contribution in [3.05, 3.63) is 16.1 Å². The van der Waals surface area contributed by atoms with E-state index < -0.39 is 0 Å². The lowest BCUT2D eigenvalue weighted by Crippen LogP contribution is -2.53. The summed E-state index contributed by atoms with van der Waals surface area (Å²) in [5.74, 6) is 0.857. The molecule has 24 heavy (non-hydrogen) atoms. The van der Waals surface area contributed by atoms with Crippen molar-refractivity contribution in [2.75, 3.05) is 39.9 Å². The molecule has 1 aliphatic rings. The zero-order valence-corrected chi connectivity index (χ0v) is 16.2. The van der Waals surface area contributed by atoms with Crippen LogP contribution in [0.1, 0.15) is 30.7 Å². The van der Waals surface area contributed by atoms with Gasteiger partial charge in [0.15, 0.2) is 5.96 Å². The Hall–Kier alpha value is -1.18. The molecule has 2 atom stereocenters. The second-order valence-electron chi connectivity index (χ2n) is 6.21. The van der Waals surface area contributed by atoms with Crippen LogP contribution in [-0.2, 0) is 17.6 Å². The van der Waals surface area contributed by atoms with Crippen molar-refractivity contribution < 1.29 is 4.74 Å². The van der Waals surface area contributed by atoms with Crippen LogP contribution in [0.2, 0.25) is 0 Å². The molecular formula is C17H31N5OS. The van der Waals surface area contributed by atoms with Crippen LogP contribution < -0.4 is 10.6 Å². The molecule has 0 aliphatic carbocycles. The van der Waals surface area contributed by atoms with Crippen LogP contribution in [0.25, 0.3) is 0 Å². The first-order valence-electron chi connectivity index (χ1n) is 8.85. The van der Waals surface area contributed by atoms with E-state index in [1.807, 2.05) is 13.2 Å². The molecule has 0 aromatic carbocycles. The van der Waals surface area contributed by atoms with Crippen LogP contribution in [0.15, 0.2) is 11.2 Å². The molecule has 0 bridgehead atoms. The molecule has 0 radical (unpaired) electrons. The first-order valence-corrected chi connectivity index (χ1v) is 9.67. The number of guanidine groups is 1. The number of thiazole rings is 1. The predicted octanol–water partition coefficient (Wildman–Crippen LogP) is 1.52. The summed E-state index contributed by atoms with van der Waals surface area (Å²) in [4.78, 5) is 12.6. The van der Waals surface area contributed by atoms with Gasteiger partial charge in [0, 0.05) is 56.3 Å². The van der Waals surface area contributed by atoms with Gasteiger partial charge >= 0.3 is 0 Å². The van der Waals surface area contributed by atoms with Crippen molar-refractivity contribution in [2.24, 2.45) is 4.99 Å². The molecule has 7 heteroatoms. The quantitative estimate of drug-likeness (QED) is 0.575.